The van der Waals surface area contributed by atoms with Crippen LogP contribution in [0.3, 0.4) is 0 Å². The summed E-state index contributed by atoms with van der Waals surface area (Å²) < 4.78 is 31.6. The SMILES string of the molecule is O=C1c2ccccc2C(=O)C1(CCCCN1CCN(c2ccccc2)CC1)c1ccccc1.O=S(=O)(O)O. The van der Waals surface area contributed by atoms with E-state index in [0.29, 0.717) is 17.5 Å². The third-order valence-electron chi connectivity index (χ3n) is 7.23. The van der Waals surface area contributed by atoms with Gasteiger partial charge < -0.3 is 4.90 Å². The maximum absolute atomic E-state index is 13.6. The highest BCUT2D eigenvalue weighted by atomic mass is 32.3. The highest BCUT2D eigenvalue weighted by Crippen LogP contribution is 2.43. The van der Waals surface area contributed by atoms with E-state index in [1.54, 1.807) is 12.1 Å². The van der Waals surface area contributed by atoms with Crippen molar-refractivity contribution in [2.75, 3.05) is 37.6 Å². The second kappa shape index (κ2) is 12.0. The first-order valence-electron chi connectivity index (χ1n) is 12.7. The van der Waals surface area contributed by atoms with Gasteiger partial charge in [0, 0.05) is 43.0 Å². The number of piperazine rings is 1. The number of nitrogens with zero attached hydrogens (tertiary/aromatic N) is 2. The van der Waals surface area contributed by atoms with Crippen LogP contribution in [-0.2, 0) is 15.8 Å². The number of ketones is 2. The molecule has 1 fully saturated rings. The van der Waals surface area contributed by atoms with Crippen LogP contribution in [0, 0.1) is 0 Å². The minimum atomic E-state index is -4.67. The van der Waals surface area contributed by atoms with E-state index in [-0.39, 0.29) is 11.6 Å². The molecule has 0 aromatic heterocycles. The fourth-order valence-electron chi connectivity index (χ4n) is 5.39. The van der Waals surface area contributed by atoms with Crippen LogP contribution in [0.4, 0.5) is 5.69 Å². The number of unbranched alkanes of at least 4 members (excludes halogenated alkanes) is 1. The number of fused-ring (bicyclic) bond motifs is 1. The van der Waals surface area contributed by atoms with Gasteiger partial charge in [0.15, 0.2) is 11.6 Å². The molecule has 0 radical (unpaired) electrons. The molecule has 1 saturated heterocycles. The Kier molecular flexibility index (Phi) is 8.73. The minimum absolute atomic E-state index is 0.0363. The fraction of sp³-hybridized carbons (Fsp3) is 0.310. The summed E-state index contributed by atoms with van der Waals surface area (Å²) in [6.45, 7) is 5.15. The summed E-state index contributed by atoms with van der Waals surface area (Å²) in [5.41, 5.74) is 2.19. The summed E-state index contributed by atoms with van der Waals surface area (Å²) in [6, 6.07) is 27.5. The van der Waals surface area contributed by atoms with Gasteiger partial charge in [0.2, 0.25) is 0 Å². The average molecular weight is 537 g/mol. The zero-order valence-corrected chi connectivity index (χ0v) is 21.9. The Morgan fingerprint density at radius 2 is 1.16 bits per heavy atom. The molecular formula is C29H32N2O6S. The first-order chi connectivity index (χ1) is 18.2. The number of hydrogen-bond donors (Lipinski definition) is 2. The third-order valence-corrected chi connectivity index (χ3v) is 7.23. The van der Waals surface area contributed by atoms with Crippen LogP contribution >= 0.6 is 0 Å². The van der Waals surface area contributed by atoms with Gasteiger partial charge in [0.25, 0.3) is 0 Å². The number of Topliss-reactive ketones (excluding diaryl/α,β-unsaturated/α-hetero) is 2. The number of carbonyl (C=O) groups is 2. The topological polar surface area (TPSA) is 115 Å². The first kappa shape index (κ1) is 27.7. The highest BCUT2D eigenvalue weighted by molar-refractivity contribution is 7.79. The van der Waals surface area contributed by atoms with E-state index in [1.807, 2.05) is 42.5 Å². The molecule has 3 aromatic carbocycles. The summed E-state index contributed by atoms with van der Waals surface area (Å²) in [5, 5.41) is 0. The Bertz CT molecular complexity index is 1310. The van der Waals surface area contributed by atoms with Crippen molar-refractivity contribution in [3.63, 3.8) is 0 Å². The molecule has 200 valence electrons. The molecule has 0 saturated carbocycles. The minimum Gasteiger partial charge on any atom is -0.369 e. The zero-order chi connectivity index (χ0) is 27.2. The number of carbonyl (C=O) groups excluding carboxylic acids is 2. The van der Waals surface area contributed by atoms with E-state index in [2.05, 4.69) is 40.1 Å². The van der Waals surface area contributed by atoms with E-state index in [0.717, 1.165) is 51.1 Å². The normalized spacial score (nSPS) is 17.1. The molecule has 0 unspecified atom stereocenters. The predicted molar refractivity (Wildman–Crippen MR) is 146 cm³/mol. The van der Waals surface area contributed by atoms with Crippen LogP contribution in [0.2, 0.25) is 0 Å². The monoisotopic (exact) mass is 536 g/mol. The molecule has 1 aliphatic carbocycles. The van der Waals surface area contributed by atoms with Gasteiger partial charge in [-0.3, -0.25) is 23.6 Å². The summed E-state index contributed by atoms with van der Waals surface area (Å²) >= 11 is 0. The van der Waals surface area contributed by atoms with Crippen LogP contribution < -0.4 is 4.90 Å². The number of anilines is 1. The molecule has 5 rings (SSSR count). The van der Waals surface area contributed by atoms with Crippen molar-refractivity contribution in [2.45, 2.75) is 24.7 Å². The van der Waals surface area contributed by atoms with Gasteiger partial charge >= 0.3 is 10.4 Å². The molecule has 3 aromatic rings. The molecule has 0 amide bonds. The quantitative estimate of drug-likeness (QED) is 0.260. The molecule has 9 heteroatoms. The Balaban J connectivity index is 0.000000617. The lowest BCUT2D eigenvalue weighted by atomic mass is 9.72. The van der Waals surface area contributed by atoms with E-state index >= 15 is 0 Å². The fourth-order valence-corrected chi connectivity index (χ4v) is 5.39. The summed E-state index contributed by atoms with van der Waals surface area (Å²) in [7, 11) is -4.67. The molecule has 0 spiro atoms. The molecular weight excluding hydrogens is 504 g/mol. The molecule has 1 heterocycles. The van der Waals surface area contributed by atoms with Gasteiger partial charge in [0.1, 0.15) is 5.41 Å². The highest BCUT2D eigenvalue weighted by Gasteiger charge is 2.53. The Labute approximate surface area is 223 Å². The van der Waals surface area contributed by atoms with E-state index in [4.69, 9.17) is 17.5 Å². The maximum atomic E-state index is 13.6. The van der Waals surface area contributed by atoms with Gasteiger partial charge in [-0.05, 0) is 37.1 Å². The lowest BCUT2D eigenvalue weighted by Gasteiger charge is -2.36. The molecule has 0 bridgehead atoms. The number of para-hydroxylation sites is 1. The lowest BCUT2D eigenvalue weighted by molar-refractivity contribution is 0.0779. The van der Waals surface area contributed by atoms with Crippen LogP contribution in [0.1, 0.15) is 45.5 Å². The van der Waals surface area contributed by atoms with Crippen molar-refractivity contribution in [1.82, 2.24) is 4.90 Å². The molecule has 0 atom stereocenters. The lowest BCUT2D eigenvalue weighted by Crippen LogP contribution is -2.46. The smallest absolute Gasteiger partial charge is 0.369 e. The van der Waals surface area contributed by atoms with E-state index in [1.165, 1.54) is 5.69 Å². The van der Waals surface area contributed by atoms with Crippen molar-refractivity contribution in [1.29, 1.82) is 0 Å². The largest absolute Gasteiger partial charge is 0.394 e. The molecule has 2 aliphatic rings. The summed E-state index contributed by atoms with van der Waals surface area (Å²) in [6.07, 6.45) is 2.39. The Hall–Kier alpha value is -3.37. The standard InChI is InChI=1S/C29H30N2O2.H2O4S/c32-27-25-15-7-8-16-26(25)28(33)29(27,23-11-3-1-4-12-23)17-9-10-18-30-19-21-31(22-20-30)24-13-5-2-6-14-24;1-5(2,3)4/h1-8,11-16H,9-10,17-22H2;(H2,1,2,3,4). The van der Waals surface area contributed by atoms with Crippen molar-refractivity contribution in [3.05, 3.63) is 102 Å². The van der Waals surface area contributed by atoms with Crippen molar-refractivity contribution >= 4 is 27.7 Å². The number of rotatable bonds is 7. The molecule has 1 aliphatic heterocycles. The van der Waals surface area contributed by atoms with Gasteiger partial charge in [-0.2, -0.15) is 8.42 Å². The first-order valence-corrected chi connectivity index (χ1v) is 14.1. The molecule has 2 N–H and O–H groups in total. The van der Waals surface area contributed by atoms with E-state index in [9.17, 15) is 9.59 Å². The Morgan fingerprint density at radius 1 is 0.684 bits per heavy atom. The van der Waals surface area contributed by atoms with Crippen LogP contribution in [0.25, 0.3) is 0 Å². The number of hydrogen-bond acceptors (Lipinski definition) is 6. The third kappa shape index (κ3) is 6.36. The maximum Gasteiger partial charge on any atom is 0.394 e. The number of benzene rings is 3. The van der Waals surface area contributed by atoms with Crippen molar-refractivity contribution < 1.29 is 27.1 Å². The second-order valence-electron chi connectivity index (χ2n) is 9.54. The van der Waals surface area contributed by atoms with Crippen LogP contribution in [-0.4, -0.2) is 66.7 Å². The molecule has 38 heavy (non-hydrogen) atoms. The van der Waals surface area contributed by atoms with Gasteiger partial charge in [-0.15, -0.1) is 0 Å². The van der Waals surface area contributed by atoms with Gasteiger partial charge in [0.05, 0.1) is 0 Å². The molecule has 8 nitrogen and oxygen atoms in total. The van der Waals surface area contributed by atoms with E-state index < -0.39 is 15.8 Å². The predicted octanol–water partition coefficient (Wildman–Crippen LogP) is 4.34. The summed E-state index contributed by atoms with van der Waals surface area (Å²) in [5.74, 6) is -0.0726. The second-order valence-corrected chi connectivity index (χ2v) is 10.4. The van der Waals surface area contributed by atoms with Gasteiger partial charge in [-0.25, -0.2) is 0 Å². The summed E-state index contributed by atoms with van der Waals surface area (Å²) in [4.78, 5) is 32.1. The average Bonchev–Trinajstić information content (AvgIpc) is 3.14. The zero-order valence-electron chi connectivity index (χ0n) is 21.1. The van der Waals surface area contributed by atoms with Gasteiger partial charge in [-0.1, -0.05) is 79.2 Å². The Morgan fingerprint density at radius 3 is 1.68 bits per heavy atom. The van der Waals surface area contributed by atoms with Crippen molar-refractivity contribution in [2.24, 2.45) is 0 Å². The van der Waals surface area contributed by atoms with Crippen LogP contribution in [0.5, 0.6) is 0 Å². The van der Waals surface area contributed by atoms with Crippen molar-refractivity contribution in [3.8, 4) is 0 Å². The van der Waals surface area contributed by atoms with Crippen LogP contribution in [0.15, 0.2) is 84.9 Å².